The highest BCUT2D eigenvalue weighted by Gasteiger charge is 2.23. The molecule has 0 aliphatic carbocycles. The van der Waals surface area contributed by atoms with Crippen molar-refractivity contribution in [2.24, 2.45) is 0 Å². The number of hydrogen-bond acceptors (Lipinski definition) is 5. The van der Waals surface area contributed by atoms with Crippen LogP contribution in [0.5, 0.6) is 5.75 Å². The van der Waals surface area contributed by atoms with E-state index in [1.165, 1.54) is 0 Å². The molecule has 1 aromatic rings. The maximum atomic E-state index is 12.2. The van der Waals surface area contributed by atoms with Crippen LogP contribution >= 0.6 is 0 Å². The van der Waals surface area contributed by atoms with Crippen molar-refractivity contribution in [3.63, 3.8) is 0 Å². The molecule has 2 rings (SSSR count). The molecule has 1 aromatic carbocycles. The SMILES string of the molecule is COCCOc1ccc(C(=O)N[C@@H]2CNCCC[C@H]2O)cc1. The second-order valence-corrected chi connectivity index (χ2v) is 5.36. The molecule has 1 saturated heterocycles. The van der Waals surface area contributed by atoms with Crippen molar-refractivity contribution in [1.82, 2.24) is 10.6 Å². The molecule has 0 aromatic heterocycles. The maximum Gasteiger partial charge on any atom is 0.251 e. The highest BCUT2D eigenvalue weighted by molar-refractivity contribution is 5.94. The molecule has 1 fully saturated rings. The van der Waals surface area contributed by atoms with E-state index in [4.69, 9.17) is 9.47 Å². The van der Waals surface area contributed by atoms with Crippen molar-refractivity contribution in [2.75, 3.05) is 33.4 Å². The molecule has 0 saturated carbocycles. The summed E-state index contributed by atoms with van der Waals surface area (Å²) in [6.45, 7) is 2.46. The molecule has 0 unspecified atom stereocenters. The summed E-state index contributed by atoms with van der Waals surface area (Å²) in [5, 5.41) is 16.1. The normalized spacial score (nSPS) is 21.9. The van der Waals surface area contributed by atoms with E-state index >= 15 is 0 Å². The monoisotopic (exact) mass is 308 g/mol. The number of aliphatic hydroxyl groups excluding tert-OH is 1. The van der Waals surface area contributed by atoms with Gasteiger partial charge in [-0.25, -0.2) is 0 Å². The van der Waals surface area contributed by atoms with Crippen molar-refractivity contribution < 1.29 is 19.4 Å². The summed E-state index contributed by atoms with van der Waals surface area (Å²) >= 11 is 0. The standard InChI is InChI=1S/C16H24N2O4/c1-21-9-10-22-13-6-4-12(5-7-13)16(20)18-14-11-17-8-2-3-15(14)19/h4-7,14-15,17,19H,2-3,8-11H2,1H3,(H,18,20)/t14-,15-/m1/s1. The lowest BCUT2D eigenvalue weighted by Crippen LogP contribution is -2.47. The minimum atomic E-state index is -0.504. The predicted octanol–water partition coefficient (Wildman–Crippen LogP) is 0.555. The van der Waals surface area contributed by atoms with Gasteiger partial charge in [-0.1, -0.05) is 0 Å². The predicted molar refractivity (Wildman–Crippen MR) is 83.2 cm³/mol. The average molecular weight is 308 g/mol. The Hall–Kier alpha value is -1.63. The van der Waals surface area contributed by atoms with Gasteiger partial charge in [-0.05, 0) is 43.7 Å². The molecular formula is C16H24N2O4. The molecule has 0 spiro atoms. The van der Waals surface area contributed by atoms with Gasteiger partial charge >= 0.3 is 0 Å². The van der Waals surface area contributed by atoms with E-state index in [9.17, 15) is 9.90 Å². The lowest BCUT2D eigenvalue weighted by atomic mass is 10.1. The number of methoxy groups -OCH3 is 1. The summed E-state index contributed by atoms with van der Waals surface area (Å²) in [5.74, 6) is 0.515. The van der Waals surface area contributed by atoms with Gasteiger partial charge in [0.2, 0.25) is 0 Å². The van der Waals surface area contributed by atoms with Crippen molar-refractivity contribution in [3.8, 4) is 5.75 Å². The van der Waals surface area contributed by atoms with Gasteiger partial charge in [-0.2, -0.15) is 0 Å². The Morgan fingerprint density at radius 3 is 2.86 bits per heavy atom. The van der Waals surface area contributed by atoms with E-state index in [0.29, 0.717) is 37.5 Å². The highest BCUT2D eigenvalue weighted by atomic mass is 16.5. The van der Waals surface area contributed by atoms with Crippen molar-refractivity contribution in [3.05, 3.63) is 29.8 Å². The minimum absolute atomic E-state index is 0.184. The van der Waals surface area contributed by atoms with Crippen LogP contribution in [-0.2, 0) is 4.74 Å². The van der Waals surface area contributed by atoms with Gasteiger partial charge in [0.15, 0.2) is 0 Å². The fourth-order valence-corrected chi connectivity index (χ4v) is 2.38. The number of carbonyl (C=O) groups excluding carboxylic acids is 1. The maximum absolute atomic E-state index is 12.2. The fraction of sp³-hybridized carbons (Fsp3) is 0.562. The highest BCUT2D eigenvalue weighted by Crippen LogP contribution is 2.13. The third-order valence-electron chi connectivity index (χ3n) is 3.67. The van der Waals surface area contributed by atoms with E-state index in [-0.39, 0.29) is 11.9 Å². The van der Waals surface area contributed by atoms with Crippen LogP contribution in [0.15, 0.2) is 24.3 Å². The van der Waals surface area contributed by atoms with Gasteiger partial charge in [0, 0.05) is 19.2 Å². The van der Waals surface area contributed by atoms with Crippen LogP contribution in [-0.4, -0.2) is 56.6 Å². The Bertz CT molecular complexity index is 464. The molecule has 6 heteroatoms. The van der Waals surface area contributed by atoms with Gasteiger partial charge in [-0.15, -0.1) is 0 Å². The van der Waals surface area contributed by atoms with E-state index in [0.717, 1.165) is 13.0 Å². The van der Waals surface area contributed by atoms with Gasteiger partial charge in [-0.3, -0.25) is 4.79 Å². The zero-order valence-corrected chi connectivity index (χ0v) is 12.9. The third kappa shape index (κ3) is 4.98. The van der Waals surface area contributed by atoms with Gasteiger partial charge < -0.3 is 25.2 Å². The Balaban J connectivity index is 1.88. The molecular weight excluding hydrogens is 284 g/mol. The van der Waals surface area contributed by atoms with Crippen molar-refractivity contribution >= 4 is 5.91 Å². The molecule has 1 heterocycles. The molecule has 1 aliphatic heterocycles. The zero-order chi connectivity index (χ0) is 15.8. The molecule has 0 bridgehead atoms. The first-order valence-electron chi connectivity index (χ1n) is 7.62. The third-order valence-corrected chi connectivity index (χ3v) is 3.67. The summed E-state index contributed by atoms with van der Waals surface area (Å²) in [7, 11) is 1.62. The zero-order valence-electron chi connectivity index (χ0n) is 12.9. The molecule has 0 radical (unpaired) electrons. The van der Waals surface area contributed by atoms with E-state index in [2.05, 4.69) is 10.6 Å². The number of amides is 1. The van der Waals surface area contributed by atoms with E-state index in [1.807, 2.05) is 0 Å². The molecule has 22 heavy (non-hydrogen) atoms. The Labute approximate surface area is 130 Å². The van der Waals surface area contributed by atoms with Crippen LogP contribution in [0.25, 0.3) is 0 Å². The summed E-state index contributed by atoms with van der Waals surface area (Å²) in [6.07, 6.45) is 1.11. The number of hydrogen-bond donors (Lipinski definition) is 3. The van der Waals surface area contributed by atoms with Gasteiger partial charge in [0.05, 0.1) is 18.8 Å². The quantitative estimate of drug-likeness (QED) is 0.669. The van der Waals surface area contributed by atoms with Crippen LogP contribution in [0.3, 0.4) is 0 Å². The first-order valence-corrected chi connectivity index (χ1v) is 7.62. The van der Waals surface area contributed by atoms with Crippen LogP contribution in [0.2, 0.25) is 0 Å². The lowest BCUT2D eigenvalue weighted by Gasteiger charge is -2.21. The molecule has 2 atom stereocenters. The molecule has 1 aliphatic rings. The number of carbonyl (C=O) groups is 1. The number of aliphatic hydroxyl groups is 1. The first-order chi connectivity index (χ1) is 10.7. The topological polar surface area (TPSA) is 79.8 Å². The number of nitrogens with one attached hydrogen (secondary N) is 2. The first kappa shape index (κ1) is 16.7. The second kappa shape index (κ2) is 8.73. The summed E-state index contributed by atoms with van der Waals surface area (Å²) in [4.78, 5) is 12.2. The molecule has 122 valence electrons. The largest absolute Gasteiger partial charge is 0.491 e. The summed E-state index contributed by atoms with van der Waals surface area (Å²) in [6, 6.07) is 6.69. The summed E-state index contributed by atoms with van der Waals surface area (Å²) < 4.78 is 10.4. The average Bonchev–Trinajstić information content (AvgIpc) is 2.73. The molecule has 3 N–H and O–H groups in total. The lowest BCUT2D eigenvalue weighted by molar-refractivity contribution is 0.0832. The second-order valence-electron chi connectivity index (χ2n) is 5.36. The van der Waals surface area contributed by atoms with E-state index in [1.54, 1.807) is 31.4 Å². The Morgan fingerprint density at radius 1 is 1.36 bits per heavy atom. The van der Waals surface area contributed by atoms with Crippen molar-refractivity contribution in [1.29, 1.82) is 0 Å². The number of ether oxygens (including phenoxy) is 2. The Kier molecular flexibility index (Phi) is 6.64. The molecule has 1 amide bonds. The fourth-order valence-electron chi connectivity index (χ4n) is 2.38. The minimum Gasteiger partial charge on any atom is -0.491 e. The van der Waals surface area contributed by atoms with Crippen LogP contribution < -0.4 is 15.4 Å². The molecule has 6 nitrogen and oxygen atoms in total. The van der Waals surface area contributed by atoms with Gasteiger partial charge in [0.1, 0.15) is 12.4 Å². The van der Waals surface area contributed by atoms with E-state index < -0.39 is 6.10 Å². The number of benzene rings is 1. The Morgan fingerprint density at radius 2 is 2.14 bits per heavy atom. The number of rotatable bonds is 6. The van der Waals surface area contributed by atoms with Crippen molar-refractivity contribution in [2.45, 2.75) is 25.0 Å². The summed E-state index contributed by atoms with van der Waals surface area (Å²) in [5.41, 5.74) is 0.551. The van der Waals surface area contributed by atoms with Crippen LogP contribution in [0, 0.1) is 0 Å². The van der Waals surface area contributed by atoms with Crippen LogP contribution in [0.1, 0.15) is 23.2 Å². The van der Waals surface area contributed by atoms with Gasteiger partial charge in [0.25, 0.3) is 5.91 Å². The van der Waals surface area contributed by atoms with Crippen LogP contribution in [0.4, 0.5) is 0 Å². The smallest absolute Gasteiger partial charge is 0.251 e.